The van der Waals surface area contributed by atoms with Gasteiger partial charge in [0.2, 0.25) is 0 Å². The van der Waals surface area contributed by atoms with Crippen molar-refractivity contribution < 1.29 is 0 Å². The minimum absolute atomic E-state index is 0.699. The van der Waals surface area contributed by atoms with E-state index in [0.29, 0.717) is 5.02 Å². The maximum atomic E-state index is 5.96. The van der Waals surface area contributed by atoms with Crippen molar-refractivity contribution >= 4 is 35.3 Å². The van der Waals surface area contributed by atoms with Gasteiger partial charge in [0.15, 0.2) is 0 Å². The molecule has 0 saturated carbocycles. The molecule has 0 heterocycles. The summed E-state index contributed by atoms with van der Waals surface area (Å²) in [7, 11) is 0. The molecule has 0 aliphatic heterocycles. The van der Waals surface area contributed by atoms with Gasteiger partial charge >= 0.3 is 0 Å². The number of nitrogens with zero attached hydrogens (tertiary/aromatic N) is 1. The van der Waals surface area contributed by atoms with E-state index in [4.69, 9.17) is 11.6 Å². The van der Waals surface area contributed by atoms with Crippen LogP contribution in [0.5, 0.6) is 0 Å². The van der Waals surface area contributed by atoms with Crippen molar-refractivity contribution in [2.45, 2.75) is 16.7 Å². The van der Waals surface area contributed by atoms with E-state index < -0.39 is 0 Å². The van der Waals surface area contributed by atoms with Crippen molar-refractivity contribution in [1.29, 1.82) is 0 Å². The van der Waals surface area contributed by atoms with Crippen LogP contribution in [-0.4, -0.2) is 6.21 Å². The summed E-state index contributed by atoms with van der Waals surface area (Å²) in [5, 5.41) is 0.699. The Hall–Kier alpha value is -2.03. The first-order valence-electron chi connectivity index (χ1n) is 7.33. The van der Waals surface area contributed by atoms with E-state index in [-0.39, 0.29) is 0 Å². The molecule has 0 radical (unpaired) electrons. The Morgan fingerprint density at radius 2 is 1.52 bits per heavy atom. The van der Waals surface area contributed by atoms with Crippen LogP contribution in [0.3, 0.4) is 0 Å². The summed E-state index contributed by atoms with van der Waals surface area (Å²) >= 11 is 7.72. The normalized spacial score (nSPS) is 11.0. The molecule has 0 aliphatic carbocycles. The van der Waals surface area contributed by atoms with Gasteiger partial charge in [-0.15, -0.1) is 0 Å². The highest BCUT2D eigenvalue weighted by atomic mass is 35.5. The average molecular weight is 338 g/mol. The lowest BCUT2D eigenvalue weighted by molar-refractivity contribution is 1.36. The van der Waals surface area contributed by atoms with Crippen molar-refractivity contribution in [3.63, 3.8) is 0 Å². The third-order valence-corrected chi connectivity index (χ3v) is 4.56. The fourth-order valence-electron chi connectivity index (χ4n) is 2.07. The highest BCUT2D eigenvalue weighted by Crippen LogP contribution is 2.27. The van der Waals surface area contributed by atoms with Gasteiger partial charge in [-0.05, 0) is 55.0 Å². The highest BCUT2D eigenvalue weighted by Gasteiger charge is 1.98. The number of aliphatic imine (C=N–C) groups is 1. The van der Waals surface area contributed by atoms with Crippen LogP contribution in [0.4, 0.5) is 5.69 Å². The van der Waals surface area contributed by atoms with Gasteiger partial charge in [0.25, 0.3) is 0 Å². The molecule has 3 aromatic carbocycles. The van der Waals surface area contributed by atoms with E-state index in [0.717, 1.165) is 11.3 Å². The number of hydrogen-bond donors (Lipinski definition) is 0. The molecule has 0 spiro atoms. The maximum absolute atomic E-state index is 5.96. The molecule has 0 atom stereocenters. The summed E-state index contributed by atoms with van der Waals surface area (Å²) in [6.07, 6.45) is 1.85. The van der Waals surface area contributed by atoms with E-state index in [1.807, 2.05) is 30.5 Å². The Labute approximate surface area is 146 Å². The summed E-state index contributed by atoms with van der Waals surface area (Å²) in [5.74, 6) is 0. The Morgan fingerprint density at radius 3 is 2.17 bits per heavy atom. The van der Waals surface area contributed by atoms with Gasteiger partial charge in [-0.25, -0.2) is 0 Å². The monoisotopic (exact) mass is 337 g/mol. The van der Waals surface area contributed by atoms with Gasteiger partial charge in [0.1, 0.15) is 0 Å². The molecule has 0 N–H and O–H groups in total. The molecular weight excluding hydrogens is 322 g/mol. The van der Waals surface area contributed by atoms with Gasteiger partial charge in [-0.2, -0.15) is 0 Å². The topological polar surface area (TPSA) is 12.4 Å². The van der Waals surface area contributed by atoms with E-state index in [1.54, 1.807) is 11.8 Å². The molecule has 0 amide bonds. The molecule has 0 bridgehead atoms. The van der Waals surface area contributed by atoms with Crippen LogP contribution in [0.2, 0.25) is 5.02 Å². The SMILES string of the molecule is Cc1ccc(Sc2ccc(C=Nc3cccc(Cl)c3)cc2)cc1. The maximum Gasteiger partial charge on any atom is 0.0644 e. The first-order valence-corrected chi connectivity index (χ1v) is 8.53. The number of benzene rings is 3. The van der Waals surface area contributed by atoms with Crippen LogP contribution in [0.25, 0.3) is 0 Å². The predicted molar refractivity (Wildman–Crippen MR) is 100 cm³/mol. The van der Waals surface area contributed by atoms with Gasteiger partial charge in [-0.3, -0.25) is 4.99 Å². The molecule has 3 heteroatoms. The zero-order valence-corrected chi connectivity index (χ0v) is 14.3. The summed E-state index contributed by atoms with van der Waals surface area (Å²) in [5.41, 5.74) is 3.20. The lowest BCUT2D eigenvalue weighted by atomic mass is 10.2. The largest absolute Gasteiger partial charge is 0.256 e. The second kappa shape index (κ2) is 7.49. The van der Waals surface area contributed by atoms with Crippen molar-refractivity contribution in [2.24, 2.45) is 4.99 Å². The van der Waals surface area contributed by atoms with Crippen LogP contribution in [-0.2, 0) is 0 Å². The molecule has 0 saturated heterocycles. The first kappa shape index (κ1) is 15.9. The van der Waals surface area contributed by atoms with Gasteiger partial charge < -0.3 is 0 Å². The Balaban J connectivity index is 1.68. The molecule has 114 valence electrons. The molecule has 1 nitrogen and oxygen atoms in total. The molecule has 0 unspecified atom stereocenters. The minimum atomic E-state index is 0.699. The molecule has 0 fully saturated rings. The van der Waals surface area contributed by atoms with Gasteiger partial charge in [0.05, 0.1) is 5.69 Å². The number of hydrogen-bond acceptors (Lipinski definition) is 2. The Bertz CT molecular complexity index is 808. The molecule has 0 aliphatic rings. The first-order chi connectivity index (χ1) is 11.2. The Morgan fingerprint density at radius 1 is 0.870 bits per heavy atom. The molecular formula is C20H16ClNS. The zero-order chi connectivity index (χ0) is 16.1. The lowest BCUT2D eigenvalue weighted by Gasteiger charge is -2.03. The second-order valence-electron chi connectivity index (χ2n) is 5.22. The predicted octanol–water partition coefficient (Wildman–Crippen LogP) is 6.55. The number of rotatable bonds is 4. The molecule has 3 rings (SSSR count). The summed E-state index contributed by atoms with van der Waals surface area (Å²) < 4.78 is 0. The summed E-state index contributed by atoms with van der Waals surface area (Å²) in [6.45, 7) is 2.10. The third kappa shape index (κ3) is 4.72. The minimum Gasteiger partial charge on any atom is -0.256 e. The molecule has 0 aromatic heterocycles. The van der Waals surface area contributed by atoms with Crippen LogP contribution in [0.15, 0.2) is 87.6 Å². The van der Waals surface area contributed by atoms with E-state index in [2.05, 4.69) is 60.4 Å². The third-order valence-electron chi connectivity index (χ3n) is 3.31. The van der Waals surface area contributed by atoms with Crippen molar-refractivity contribution in [3.05, 3.63) is 88.9 Å². The standard InChI is InChI=1S/C20H16ClNS/c1-15-5-9-19(10-6-15)23-20-11-7-16(8-12-20)14-22-18-4-2-3-17(21)13-18/h2-14H,1H3. The fraction of sp³-hybridized carbons (Fsp3) is 0.0500. The quantitative estimate of drug-likeness (QED) is 0.492. The van der Waals surface area contributed by atoms with E-state index in [9.17, 15) is 0 Å². The van der Waals surface area contributed by atoms with Crippen molar-refractivity contribution in [2.75, 3.05) is 0 Å². The van der Waals surface area contributed by atoms with Crippen LogP contribution in [0.1, 0.15) is 11.1 Å². The Kier molecular flexibility index (Phi) is 5.16. The highest BCUT2D eigenvalue weighted by molar-refractivity contribution is 7.99. The lowest BCUT2D eigenvalue weighted by Crippen LogP contribution is -1.81. The van der Waals surface area contributed by atoms with Crippen molar-refractivity contribution in [1.82, 2.24) is 0 Å². The van der Waals surface area contributed by atoms with Crippen molar-refractivity contribution in [3.8, 4) is 0 Å². The van der Waals surface area contributed by atoms with Gasteiger partial charge in [0, 0.05) is 21.0 Å². The van der Waals surface area contributed by atoms with E-state index >= 15 is 0 Å². The van der Waals surface area contributed by atoms with E-state index in [1.165, 1.54) is 15.4 Å². The summed E-state index contributed by atoms with van der Waals surface area (Å²) in [4.78, 5) is 6.91. The fourth-order valence-corrected chi connectivity index (χ4v) is 3.07. The number of halogens is 1. The number of aryl methyl sites for hydroxylation is 1. The molecule has 23 heavy (non-hydrogen) atoms. The van der Waals surface area contributed by atoms with Crippen LogP contribution in [0, 0.1) is 6.92 Å². The average Bonchev–Trinajstić information content (AvgIpc) is 2.56. The molecule has 3 aromatic rings. The van der Waals surface area contributed by atoms with Gasteiger partial charge in [-0.1, -0.05) is 59.3 Å². The second-order valence-corrected chi connectivity index (χ2v) is 6.81. The van der Waals surface area contributed by atoms with Crippen LogP contribution < -0.4 is 0 Å². The smallest absolute Gasteiger partial charge is 0.0644 e. The zero-order valence-electron chi connectivity index (χ0n) is 12.7. The summed E-state index contributed by atoms with van der Waals surface area (Å²) in [6, 6.07) is 24.5. The van der Waals surface area contributed by atoms with Crippen LogP contribution >= 0.6 is 23.4 Å².